The van der Waals surface area contributed by atoms with E-state index in [-0.39, 0.29) is 13.0 Å². The predicted molar refractivity (Wildman–Crippen MR) is 109 cm³/mol. The summed E-state index contributed by atoms with van der Waals surface area (Å²) in [6, 6.07) is -0.499. The minimum absolute atomic E-state index is 0.106. The molecule has 2 heterocycles. The summed E-state index contributed by atoms with van der Waals surface area (Å²) in [7, 11) is -4.78. The molecule has 2 saturated heterocycles. The maximum absolute atomic E-state index is 13.1. The van der Waals surface area contributed by atoms with Crippen LogP contribution in [0, 0.1) is 0 Å². The van der Waals surface area contributed by atoms with Gasteiger partial charge in [-0.2, -0.15) is 0 Å². The summed E-state index contributed by atoms with van der Waals surface area (Å²) in [5.41, 5.74) is -0.742. The van der Waals surface area contributed by atoms with E-state index in [1.165, 1.54) is 11.3 Å². The number of aliphatic hydroxyl groups excluding tert-OH is 3. The lowest BCUT2D eigenvalue weighted by atomic mass is 9.79. The fourth-order valence-electron chi connectivity index (χ4n) is 4.89. The van der Waals surface area contributed by atoms with Gasteiger partial charge in [-0.15, -0.1) is 0 Å². The summed E-state index contributed by atoms with van der Waals surface area (Å²) in [5, 5.41) is 34.6. The lowest BCUT2D eigenvalue weighted by Crippen LogP contribution is -2.58. The van der Waals surface area contributed by atoms with Gasteiger partial charge < -0.3 is 35.2 Å². The highest BCUT2D eigenvalue weighted by molar-refractivity contribution is 7.46. The summed E-state index contributed by atoms with van der Waals surface area (Å²) in [4.78, 5) is 32.1. The summed E-state index contributed by atoms with van der Waals surface area (Å²) in [6.07, 6.45) is 2.87. The number of aliphatic hydroxyl groups is 3. The largest absolute Gasteiger partial charge is 0.469 e. The number of phosphoric ester groups is 1. The lowest BCUT2D eigenvalue weighted by molar-refractivity contribution is -0.0785. The Hall–Kier alpha value is -0.780. The van der Waals surface area contributed by atoms with Crippen molar-refractivity contribution < 1.29 is 43.7 Å². The first-order valence-electron chi connectivity index (χ1n) is 11.1. The van der Waals surface area contributed by atoms with Crippen LogP contribution in [0.3, 0.4) is 0 Å². The van der Waals surface area contributed by atoms with Crippen LogP contribution in [-0.2, 0) is 13.8 Å². The first-order chi connectivity index (χ1) is 14.6. The molecule has 1 saturated carbocycles. The molecule has 2 amide bonds. The number of nitrogens with one attached hydrogen (secondary N) is 1. The van der Waals surface area contributed by atoms with Crippen molar-refractivity contribution in [3.8, 4) is 0 Å². The summed E-state index contributed by atoms with van der Waals surface area (Å²) in [6.45, 7) is -0.531. The molecule has 31 heavy (non-hydrogen) atoms. The quantitative estimate of drug-likeness (QED) is 0.325. The van der Waals surface area contributed by atoms with Crippen molar-refractivity contribution >= 4 is 13.9 Å². The van der Waals surface area contributed by atoms with Crippen molar-refractivity contribution in [1.82, 2.24) is 10.2 Å². The number of rotatable bonds is 4. The predicted octanol–water partition coefficient (Wildman–Crippen LogP) is 0.582. The Bertz CT molecular complexity index is 650. The van der Waals surface area contributed by atoms with Crippen LogP contribution >= 0.6 is 7.82 Å². The van der Waals surface area contributed by atoms with E-state index in [0.717, 1.165) is 38.5 Å². The summed E-state index contributed by atoms with van der Waals surface area (Å²) >= 11 is 0. The van der Waals surface area contributed by atoms with Crippen LogP contribution in [0.2, 0.25) is 0 Å². The van der Waals surface area contributed by atoms with Gasteiger partial charge in [-0.25, -0.2) is 9.36 Å². The monoisotopic (exact) mass is 466 g/mol. The van der Waals surface area contributed by atoms with E-state index < -0.39 is 56.6 Å². The standard InChI is InChI=1S/C19H35N2O9P/c22-14-8-11-21(17-16(24)15(23)13(30-17)12-29-31(26,27)28)18(25)20-19(14)9-6-4-2-1-3-5-7-10-19/h13-17,22-24H,1-12H2,(H,20,25)(H2,26,27,28). The molecule has 0 bridgehead atoms. The van der Waals surface area contributed by atoms with Crippen LogP contribution < -0.4 is 5.32 Å². The Morgan fingerprint density at radius 3 is 2.19 bits per heavy atom. The number of urea groups is 1. The van der Waals surface area contributed by atoms with E-state index in [2.05, 4.69) is 9.84 Å². The fourth-order valence-corrected chi connectivity index (χ4v) is 5.23. The maximum Gasteiger partial charge on any atom is 0.469 e. The number of nitrogens with zero attached hydrogens (tertiary/aromatic N) is 1. The molecule has 1 aliphatic carbocycles. The van der Waals surface area contributed by atoms with Crippen molar-refractivity contribution in [3.05, 3.63) is 0 Å². The second-order valence-electron chi connectivity index (χ2n) is 8.89. The molecular formula is C19H35N2O9P. The number of carbonyl (C=O) groups is 1. The van der Waals surface area contributed by atoms with Gasteiger partial charge in [0.2, 0.25) is 0 Å². The molecule has 0 aromatic heterocycles. The molecular weight excluding hydrogens is 431 g/mol. The number of amides is 2. The zero-order chi connectivity index (χ0) is 22.6. The Morgan fingerprint density at radius 2 is 1.61 bits per heavy atom. The summed E-state index contributed by atoms with van der Waals surface area (Å²) < 4.78 is 20.9. The number of ether oxygens (including phenoxy) is 1. The zero-order valence-corrected chi connectivity index (χ0v) is 18.5. The van der Waals surface area contributed by atoms with Gasteiger partial charge in [-0.05, 0) is 19.3 Å². The van der Waals surface area contributed by atoms with Crippen LogP contribution in [0.5, 0.6) is 0 Å². The van der Waals surface area contributed by atoms with Crippen LogP contribution in [0.15, 0.2) is 0 Å². The molecule has 3 fully saturated rings. The Kier molecular flexibility index (Phi) is 8.37. The highest BCUT2D eigenvalue weighted by Gasteiger charge is 2.50. The van der Waals surface area contributed by atoms with E-state index in [9.17, 15) is 24.7 Å². The molecule has 1 spiro atoms. The van der Waals surface area contributed by atoms with Crippen LogP contribution in [0.1, 0.15) is 64.2 Å². The molecule has 0 radical (unpaired) electrons. The highest BCUT2D eigenvalue weighted by Crippen LogP contribution is 2.38. The fraction of sp³-hybridized carbons (Fsp3) is 0.947. The van der Waals surface area contributed by atoms with Crippen LogP contribution in [0.25, 0.3) is 0 Å². The molecule has 3 rings (SSSR count). The smallest absolute Gasteiger partial charge is 0.391 e. The van der Waals surface area contributed by atoms with Crippen molar-refractivity contribution in [1.29, 1.82) is 0 Å². The van der Waals surface area contributed by atoms with Crippen molar-refractivity contribution in [3.63, 3.8) is 0 Å². The third-order valence-corrected chi connectivity index (χ3v) is 7.18. The molecule has 5 unspecified atom stereocenters. The molecule has 11 nitrogen and oxygen atoms in total. The minimum Gasteiger partial charge on any atom is -0.391 e. The topological polar surface area (TPSA) is 169 Å². The molecule has 5 atom stereocenters. The molecule has 6 N–H and O–H groups in total. The van der Waals surface area contributed by atoms with Gasteiger partial charge in [-0.3, -0.25) is 9.42 Å². The maximum atomic E-state index is 13.1. The molecule has 0 aromatic carbocycles. The average Bonchev–Trinajstić information content (AvgIpc) is 2.92. The average molecular weight is 466 g/mol. The highest BCUT2D eigenvalue weighted by atomic mass is 31.2. The van der Waals surface area contributed by atoms with Gasteiger partial charge >= 0.3 is 13.9 Å². The van der Waals surface area contributed by atoms with Crippen LogP contribution in [0.4, 0.5) is 4.79 Å². The molecule has 12 heteroatoms. The second kappa shape index (κ2) is 10.4. The number of carbonyl (C=O) groups excluding carboxylic acids is 1. The number of hydrogen-bond acceptors (Lipinski definition) is 7. The van der Waals surface area contributed by atoms with Crippen molar-refractivity contribution in [2.24, 2.45) is 0 Å². The van der Waals surface area contributed by atoms with Crippen molar-refractivity contribution in [2.75, 3.05) is 13.2 Å². The van der Waals surface area contributed by atoms with Crippen LogP contribution in [-0.4, -0.2) is 85.4 Å². The van der Waals surface area contributed by atoms with Gasteiger partial charge in [-0.1, -0.05) is 44.9 Å². The van der Waals surface area contributed by atoms with Crippen molar-refractivity contribution in [2.45, 2.75) is 100 Å². The SMILES string of the molecule is O=C1NC2(CCCCCCCCC2)C(O)CCN1C1OC(COP(=O)(O)O)C(O)C1O. The zero-order valence-electron chi connectivity index (χ0n) is 17.6. The van der Waals surface area contributed by atoms with E-state index in [1.54, 1.807) is 0 Å². The number of phosphoric acid groups is 1. The Morgan fingerprint density at radius 1 is 1.03 bits per heavy atom. The van der Waals surface area contributed by atoms with Gasteiger partial charge in [0.1, 0.15) is 18.3 Å². The second-order valence-corrected chi connectivity index (χ2v) is 10.1. The van der Waals surface area contributed by atoms with Gasteiger partial charge in [0.15, 0.2) is 6.23 Å². The first kappa shape index (κ1) is 24.9. The minimum atomic E-state index is -4.78. The first-order valence-corrected chi connectivity index (χ1v) is 12.6. The Balaban J connectivity index is 1.70. The lowest BCUT2D eigenvalue weighted by Gasteiger charge is -2.38. The van der Waals surface area contributed by atoms with Gasteiger partial charge in [0.05, 0.1) is 18.2 Å². The van der Waals surface area contributed by atoms with E-state index in [0.29, 0.717) is 12.8 Å². The van der Waals surface area contributed by atoms with E-state index in [4.69, 9.17) is 14.5 Å². The molecule has 3 aliphatic rings. The third kappa shape index (κ3) is 6.17. The molecule has 2 aliphatic heterocycles. The summed E-state index contributed by atoms with van der Waals surface area (Å²) in [5.74, 6) is 0. The van der Waals surface area contributed by atoms with Gasteiger partial charge in [0, 0.05) is 6.54 Å². The normalized spacial score (nSPS) is 35.6. The molecule has 0 aromatic rings. The van der Waals surface area contributed by atoms with E-state index >= 15 is 0 Å². The third-order valence-electron chi connectivity index (χ3n) is 6.70. The van der Waals surface area contributed by atoms with E-state index in [1.807, 2.05) is 0 Å². The number of hydrogen-bond donors (Lipinski definition) is 6. The Labute approximate surface area is 182 Å². The van der Waals surface area contributed by atoms with Gasteiger partial charge in [0.25, 0.3) is 0 Å². The molecule has 180 valence electrons.